The first kappa shape index (κ1) is 9.06. The molecule has 1 fully saturated rings. The van der Waals surface area contributed by atoms with Crippen LogP contribution in [-0.2, 0) is 6.42 Å². The Balaban J connectivity index is 1.89. The summed E-state index contributed by atoms with van der Waals surface area (Å²) in [6, 6.07) is 0. The van der Waals surface area contributed by atoms with Crippen LogP contribution in [0.1, 0.15) is 24.6 Å². The van der Waals surface area contributed by atoms with Crippen molar-refractivity contribution in [3.8, 4) is 0 Å². The highest BCUT2D eigenvalue weighted by Crippen LogP contribution is 2.25. The minimum Gasteiger partial charge on any atom is -0.339 e. The summed E-state index contributed by atoms with van der Waals surface area (Å²) in [6.45, 7) is 1.86. The predicted octanol–water partition coefficient (Wildman–Crippen LogP) is 2.06. The Morgan fingerprint density at radius 2 is 2.23 bits per heavy atom. The van der Waals surface area contributed by atoms with Gasteiger partial charge in [-0.2, -0.15) is 16.7 Å². The highest BCUT2D eigenvalue weighted by Gasteiger charge is 2.16. The van der Waals surface area contributed by atoms with Crippen molar-refractivity contribution in [1.29, 1.82) is 0 Å². The van der Waals surface area contributed by atoms with Gasteiger partial charge in [-0.25, -0.2) is 0 Å². The van der Waals surface area contributed by atoms with Gasteiger partial charge in [-0.05, 0) is 37.2 Å². The van der Waals surface area contributed by atoms with Crippen molar-refractivity contribution in [2.45, 2.75) is 26.2 Å². The van der Waals surface area contributed by atoms with E-state index in [1.165, 1.54) is 24.3 Å². The highest BCUT2D eigenvalue weighted by atomic mass is 32.2. The SMILES string of the molecule is Cc1noc(CC2CCSCC2)n1. The van der Waals surface area contributed by atoms with Gasteiger partial charge in [-0.3, -0.25) is 0 Å². The Kier molecular flexibility index (Phi) is 2.88. The van der Waals surface area contributed by atoms with Crippen molar-refractivity contribution >= 4 is 11.8 Å². The van der Waals surface area contributed by atoms with Crippen LogP contribution >= 0.6 is 11.8 Å². The van der Waals surface area contributed by atoms with Crippen LogP contribution in [0.4, 0.5) is 0 Å². The van der Waals surface area contributed by atoms with E-state index in [2.05, 4.69) is 10.1 Å². The first-order chi connectivity index (χ1) is 6.34. The van der Waals surface area contributed by atoms with E-state index in [0.29, 0.717) is 0 Å². The summed E-state index contributed by atoms with van der Waals surface area (Å²) in [5.74, 6) is 4.91. The average molecular weight is 198 g/mol. The predicted molar refractivity (Wildman–Crippen MR) is 52.8 cm³/mol. The maximum atomic E-state index is 5.10. The Bertz CT molecular complexity index is 268. The summed E-state index contributed by atoms with van der Waals surface area (Å²) in [7, 11) is 0. The van der Waals surface area contributed by atoms with Crippen molar-refractivity contribution in [2.75, 3.05) is 11.5 Å². The summed E-state index contributed by atoms with van der Waals surface area (Å²) < 4.78 is 5.10. The number of hydrogen-bond acceptors (Lipinski definition) is 4. The second-order valence-corrected chi connectivity index (χ2v) is 4.72. The highest BCUT2D eigenvalue weighted by molar-refractivity contribution is 7.99. The van der Waals surface area contributed by atoms with Crippen molar-refractivity contribution in [3.63, 3.8) is 0 Å². The number of rotatable bonds is 2. The van der Waals surface area contributed by atoms with Gasteiger partial charge in [0, 0.05) is 6.42 Å². The van der Waals surface area contributed by atoms with Gasteiger partial charge in [-0.15, -0.1) is 0 Å². The molecule has 2 heterocycles. The number of aromatic nitrogens is 2. The Hall–Kier alpha value is -0.510. The molecule has 1 saturated heterocycles. The Labute approximate surface area is 82.3 Å². The molecule has 13 heavy (non-hydrogen) atoms. The number of nitrogens with zero attached hydrogens (tertiary/aromatic N) is 2. The Morgan fingerprint density at radius 3 is 2.85 bits per heavy atom. The van der Waals surface area contributed by atoms with Gasteiger partial charge >= 0.3 is 0 Å². The molecule has 0 bridgehead atoms. The lowest BCUT2D eigenvalue weighted by atomic mass is 9.99. The van der Waals surface area contributed by atoms with Gasteiger partial charge in [0.25, 0.3) is 0 Å². The molecule has 4 heteroatoms. The second kappa shape index (κ2) is 4.13. The van der Waals surface area contributed by atoms with Crippen molar-refractivity contribution < 1.29 is 4.52 Å². The second-order valence-electron chi connectivity index (χ2n) is 3.50. The molecule has 1 aliphatic heterocycles. The average Bonchev–Trinajstić information content (AvgIpc) is 2.53. The third kappa shape index (κ3) is 2.46. The molecule has 0 spiro atoms. The van der Waals surface area contributed by atoms with Gasteiger partial charge in [-0.1, -0.05) is 5.16 Å². The zero-order valence-electron chi connectivity index (χ0n) is 7.82. The van der Waals surface area contributed by atoms with Crippen LogP contribution in [0.15, 0.2) is 4.52 Å². The van der Waals surface area contributed by atoms with Crippen LogP contribution in [0, 0.1) is 12.8 Å². The normalized spacial score (nSPS) is 19.2. The van der Waals surface area contributed by atoms with E-state index in [4.69, 9.17) is 4.52 Å². The van der Waals surface area contributed by atoms with E-state index in [1.54, 1.807) is 0 Å². The lowest BCUT2D eigenvalue weighted by Gasteiger charge is -2.19. The van der Waals surface area contributed by atoms with E-state index >= 15 is 0 Å². The van der Waals surface area contributed by atoms with E-state index in [1.807, 2.05) is 18.7 Å². The van der Waals surface area contributed by atoms with Crippen molar-refractivity contribution in [2.24, 2.45) is 5.92 Å². The monoisotopic (exact) mass is 198 g/mol. The number of hydrogen-bond donors (Lipinski definition) is 0. The summed E-state index contributed by atoms with van der Waals surface area (Å²) in [5, 5.41) is 3.79. The molecule has 72 valence electrons. The van der Waals surface area contributed by atoms with E-state index in [9.17, 15) is 0 Å². The van der Waals surface area contributed by atoms with Gasteiger partial charge in [0.05, 0.1) is 0 Å². The summed E-state index contributed by atoms with van der Waals surface area (Å²) >= 11 is 2.05. The smallest absolute Gasteiger partial charge is 0.226 e. The zero-order valence-corrected chi connectivity index (χ0v) is 8.64. The molecule has 1 aromatic heterocycles. The van der Waals surface area contributed by atoms with Crippen molar-refractivity contribution in [3.05, 3.63) is 11.7 Å². The van der Waals surface area contributed by atoms with E-state index < -0.39 is 0 Å². The first-order valence-corrected chi connectivity index (χ1v) is 5.87. The minimum absolute atomic E-state index is 0.750. The minimum atomic E-state index is 0.750. The van der Waals surface area contributed by atoms with Gasteiger partial charge in [0.1, 0.15) is 0 Å². The summed E-state index contributed by atoms with van der Waals surface area (Å²) in [6.07, 6.45) is 3.57. The molecular weight excluding hydrogens is 184 g/mol. The third-order valence-electron chi connectivity index (χ3n) is 2.37. The van der Waals surface area contributed by atoms with Gasteiger partial charge in [0.2, 0.25) is 5.89 Å². The molecule has 3 nitrogen and oxygen atoms in total. The fourth-order valence-corrected chi connectivity index (χ4v) is 2.82. The van der Waals surface area contributed by atoms with Crippen molar-refractivity contribution in [1.82, 2.24) is 10.1 Å². The lowest BCUT2D eigenvalue weighted by molar-refractivity contribution is 0.342. The summed E-state index contributed by atoms with van der Waals surface area (Å²) in [4.78, 5) is 4.22. The number of thioether (sulfide) groups is 1. The molecule has 0 atom stereocenters. The summed E-state index contributed by atoms with van der Waals surface area (Å²) in [5.41, 5.74) is 0. The molecule has 1 aromatic rings. The molecule has 0 radical (unpaired) electrons. The topological polar surface area (TPSA) is 38.9 Å². The Morgan fingerprint density at radius 1 is 1.46 bits per heavy atom. The van der Waals surface area contributed by atoms with Crippen LogP contribution in [0.25, 0.3) is 0 Å². The first-order valence-electron chi connectivity index (χ1n) is 4.71. The molecule has 1 aliphatic rings. The molecule has 0 aromatic carbocycles. The lowest BCUT2D eigenvalue weighted by Crippen LogP contribution is -2.12. The maximum absolute atomic E-state index is 5.10. The number of aryl methyl sites for hydroxylation is 1. The largest absolute Gasteiger partial charge is 0.339 e. The fourth-order valence-electron chi connectivity index (χ4n) is 1.62. The fraction of sp³-hybridized carbons (Fsp3) is 0.778. The van der Waals surface area contributed by atoms with Crippen LogP contribution in [0.3, 0.4) is 0 Å². The third-order valence-corrected chi connectivity index (χ3v) is 3.42. The van der Waals surface area contributed by atoms with Crippen LogP contribution < -0.4 is 0 Å². The van der Waals surface area contributed by atoms with E-state index in [0.717, 1.165) is 24.1 Å². The van der Waals surface area contributed by atoms with Gasteiger partial charge in [0.15, 0.2) is 5.82 Å². The zero-order chi connectivity index (χ0) is 9.10. The standard InChI is InChI=1S/C9H14N2OS/c1-7-10-9(12-11-7)6-8-2-4-13-5-3-8/h8H,2-6H2,1H3. The molecule has 0 unspecified atom stereocenters. The van der Waals surface area contributed by atoms with Crippen LogP contribution in [0.2, 0.25) is 0 Å². The van der Waals surface area contributed by atoms with Crippen LogP contribution in [0.5, 0.6) is 0 Å². The molecule has 0 N–H and O–H groups in total. The molecule has 2 rings (SSSR count). The molecular formula is C9H14N2OS. The van der Waals surface area contributed by atoms with Crippen LogP contribution in [-0.4, -0.2) is 21.6 Å². The maximum Gasteiger partial charge on any atom is 0.226 e. The molecule has 0 saturated carbocycles. The van der Waals surface area contributed by atoms with Gasteiger partial charge < -0.3 is 4.52 Å². The quantitative estimate of drug-likeness (QED) is 0.729. The molecule has 0 aliphatic carbocycles. The van der Waals surface area contributed by atoms with E-state index in [-0.39, 0.29) is 0 Å². The molecule has 0 amide bonds.